The Labute approximate surface area is 90.4 Å². The number of amides is 1. The number of alkyl halides is 3. The number of thioether (sulfide) groups is 1. The molecule has 0 aliphatic carbocycles. The summed E-state index contributed by atoms with van der Waals surface area (Å²) in [6.07, 6.45) is -4.33. The number of carbonyl (C=O) groups excluding carboxylic acids is 1. The number of carbonyl (C=O) groups is 1. The number of rotatable bonds is 2. The van der Waals surface area contributed by atoms with Crippen molar-refractivity contribution in [2.45, 2.75) is 12.2 Å². The molecule has 0 spiro atoms. The van der Waals surface area contributed by atoms with Crippen LogP contribution in [0.4, 0.5) is 13.2 Å². The molecule has 1 heterocycles. The summed E-state index contributed by atoms with van der Waals surface area (Å²) in [7, 11) is 1.18. The van der Waals surface area contributed by atoms with E-state index >= 15 is 0 Å². The van der Waals surface area contributed by atoms with E-state index in [1.54, 1.807) is 11.8 Å². The van der Waals surface area contributed by atoms with E-state index in [0.29, 0.717) is 12.3 Å². The smallest absolute Gasteiger partial charge is 0.335 e. The highest BCUT2D eigenvalue weighted by molar-refractivity contribution is 7.99. The van der Waals surface area contributed by atoms with Gasteiger partial charge in [0.05, 0.1) is 6.04 Å². The first-order valence-corrected chi connectivity index (χ1v) is 5.68. The predicted molar refractivity (Wildman–Crippen MR) is 52.8 cm³/mol. The van der Waals surface area contributed by atoms with E-state index in [-0.39, 0.29) is 0 Å². The van der Waals surface area contributed by atoms with Crippen LogP contribution in [-0.4, -0.2) is 54.7 Å². The van der Waals surface area contributed by atoms with Crippen LogP contribution < -0.4 is 5.32 Å². The molecule has 0 aromatic rings. The van der Waals surface area contributed by atoms with Crippen molar-refractivity contribution in [1.82, 2.24) is 10.2 Å². The third-order valence-corrected chi connectivity index (χ3v) is 3.07. The molecule has 1 fully saturated rings. The summed E-state index contributed by atoms with van der Waals surface area (Å²) in [6.45, 7) is -0.518. The minimum Gasteiger partial charge on any atom is -0.335 e. The average molecular weight is 242 g/mol. The van der Waals surface area contributed by atoms with Crippen LogP contribution in [0.3, 0.4) is 0 Å². The first kappa shape index (κ1) is 12.6. The molecule has 0 aromatic carbocycles. The molecule has 15 heavy (non-hydrogen) atoms. The number of hydrogen-bond donors (Lipinski definition) is 1. The van der Waals surface area contributed by atoms with Crippen LogP contribution >= 0.6 is 11.8 Å². The number of likely N-dealkylation sites (N-methyl/N-ethyl adjacent to an activating group) is 1. The monoisotopic (exact) mass is 242 g/mol. The van der Waals surface area contributed by atoms with Gasteiger partial charge in [-0.3, -0.25) is 4.79 Å². The molecule has 3 nitrogen and oxygen atoms in total. The molecule has 1 N–H and O–H groups in total. The molecule has 1 saturated heterocycles. The maximum atomic E-state index is 12.0. The first-order valence-electron chi connectivity index (χ1n) is 4.53. The highest BCUT2D eigenvalue weighted by atomic mass is 32.2. The standard InChI is InChI=1S/C8H13F3N2OS/c1-13(5-8(9,10)11)7(14)6-4-15-3-2-12-6/h6,12H,2-5H2,1H3. The van der Waals surface area contributed by atoms with Crippen molar-refractivity contribution in [3.05, 3.63) is 0 Å². The van der Waals surface area contributed by atoms with Crippen LogP contribution in [0, 0.1) is 0 Å². The van der Waals surface area contributed by atoms with E-state index < -0.39 is 24.7 Å². The van der Waals surface area contributed by atoms with Crippen molar-refractivity contribution in [2.24, 2.45) is 0 Å². The topological polar surface area (TPSA) is 32.3 Å². The second kappa shape index (κ2) is 5.07. The SMILES string of the molecule is CN(CC(F)(F)F)C(=O)C1CSCCN1. The minimum absolute atomic E-state index is 0.476. The highest BCUT2D eigenvalue weighted by Crippen LogP contribution is 2.17. The molecule has 1 aliphatic rings. The van der Waals surface area contributed by atoms with E-state index in [9.17, 15) is 18.0 Å². The zero-order valence-corrected chi connectivity index (χ0v) is 9.12. The predicted octanol–water partition coefficient (Wildman–Crippen LogP) is 0.712. The van der Waals surface area contributed by atoms with Gasteiger partial charge in [0.1, 0.15) is 6.54 Å². The van der Waals surface area contributed by atoms with Gasteiger partial charge in [-0.05, 0) is 0 Å². The van der Waals surface area contributed by atoms with E-state index in [1.807, 2.05) is 0 Å². The summed E-state index contributed by atoms with van der Waals surface area (Å²) in [6, 6.07) is -0.476. The molecule has 0 saturated carbocycles. The Kier molecular flexibility index (Phi) is 4.27. The molecule has 7 heteroatoms. The first-order chi connectivity index (χ1) is 6.90. The zero-order chi connectivity index (χ0) is 11.5. The Hall–Kier alpha value is -0.430. The fourth-order valence-electron chi connectivity index (χ4n) is 1.34. The molecular weight excluding hydrogens is 229 g/mol. The lowest BCUT2D eigenvalue weighted by atomic mass is 10.3. The minimum atomic E-state index is -4.33. The zero-order valence-electron chi connectivity index (χ0n) is 8.30. The number of halogens is 3. The van der Waals surface area contributed by atoms with Gasteiger partial charge in [-0.25, -0.2) is 0 Å². The van der Waals surface area contributed by atoms with Gasteiger partial charge in [-0.15, -0.1) is 0 Å². The number of nitrogens with zero attached hydrogens (tertiary/aromatic N) is 1. The summed E-state index contributed by atoms with van der Waals surface area (Å²) in [5, 5.41) is 2.91. The van der Waals surface area contributed by atoms with E-state index in [1.165, 1.54) is 7.05 Å². The van der Waals surface area contributed by atoms with E-state index in [0.717, 1.165) is 10.7 Å². The van der Waals surface area contributed by atoms with Crippen LogP contribution in [-0.2, 0) is 4.79 Å². The van der Waals surface area contributed by atoms with E-state index in [2.05, 4.69) is 5.32 Å². The second-order valence-electron chi connectivity index (χ2n) is 3.39. The molecule has 0 radical (unpaired) electrons. The lowest BCUT2D eigenvalue weighted by molar-refractivity contribution is -0.159. The van der Waals surface area contributed by atoms with Crippen molar-refractivity contribution in [2.75, 3.05) is 31.6 Å². The van der Waals surface area contributed by atoms with E-state index in [4.69, 9.17) is 0 Å². The lowest BCUT2D eigenvalue weighted by Gasteiger charge is -2.27. The Balaban J connectivity index is 2.44. The van der Waals surface area contributed by atoms with Gasteiger partial charge in [-0.2, -0.15) is 24.9 Å². The van der Waals surface area contributed by atoms with Crippen molar-refractivity contribution in [3.8, 4) is 0 Å². The van der Waals surface area contributed by atoms with Gasteiger partial charge in [0.25, 0.3) is 0 Å². The van der Waals surface area contributed by atoms with Crippen molar-refractivity contribution < 1.29 is 18.0 Å². The number of hydrogen-bond acceptors (Lipinski definition) is 3. The molecule has 1 unspecified atom stereocenters. The molecule has 1 atom stereocenters. The normalized spacial score (nSPS) is 22.5. The molecule has 0 bridgehead atoms. The molecular formula is C8H13F3N2OS. The quantitative estimate of drug-likeness (QED) is 0.774. The fourth-order valence-corrected chi connectivity index (χ4v) is 2.26. The molecule has 0 aromatic heterocycles. The lowest BCUT2D eigenvalue weighted by Crippen LogP contribution is -2.51. The van der Waals surface area contributed by atoms with Gasteiger partial charge < -0.3 is 10.2 Å². The third-order valence-electron chi connectivity index (χ3n) is 2.01. The Morgan fingerprint density at radius 3 is 2.73 bits per heavy atom. The van der Waals surface area contributed by atoms with Crippen molar-refractivity contribution >= 4 is 17.7 Å². The highest BCUT2D eigenvalue weighted by Gasteiger charge is 2.33. The summed E-state index contributed by atoms with van der Waals surface area (Å²) in [4.78, 5) is 12.3. The third kappa shape index (κ3) is 4.29. The summed E-state index contributed by atoms with van der Waals surface area (Å²) >= 11 is 1.58. The van der Waals surface area contributed by atoms with Gasteiger partial charge in [0.15, 0.2) is 0 Å². The average Bonchev–Trinajstić information content (AvgIpc) is 2.15. The van der Waals surface area contributed by atoms with Crippen LogP contribution in [0.25, 0.3) is 0 Å². The molecule has 88 valence electrons. The van der Waals surface area contributed by atoms with Crippen LogP contribution in [0.2, 0.25) is 0 Å². The number of nitrogens with one attached hydrogen (secondary N) is 1. The summed E-state index contributed by atoms with van der Waals surface area (Å²) in [5.74, 6) is 0.952. The summed E-state index contributed by atoms with van der Waals surface area (Å²) in [5.41, 5.74) is 0. The Morgan fingerprint density at radius 2 is 2.27 bits per heavy atom. The van der Waals surface area contributed by atoms with Gasteiger partial charge in [0.2, 0.25) is 5.91 Å². The maximum Gasteiger partial charge on any atom is 0.406 e. The Morgan fingerprint density at radius 1 is 1.60 bits per heavy atom. The fraction of sp³-hybridized carbons (Fsp3) is 0.875. The Bertz CT molecular complexity index is 228. The molecule has 1 rings (SSSR count). The van der Waals surface area contributed by atoms with Crippen LogP contribution in [0.5, 0.6) is 0 Å². The van der Waals surface area contributed by atoms with Crippen molar-refractivity contribution in [3.63, 3.8) is 0 Å². The van der Waals surface area contributed by atoms with Crippen molar-refractivity contribution in [1.29, 1.82) is 0 Å². The van der Waals surface area contributed by atoms with Gasteiger partial charge in [-0.1, -0.05) is 0 Å². The second-order valence-corrected chi connectivity index (χ2v) is 4.54. The van der Waals surface area contributed by atoms with Gasteiger partial charge in [0, 0.05) is 25.1 Å². The molecule has 1 amide bonds. The largest absolute Gasteiger partial charge is 0.406 e. The maximum absolute atomic E-state index is 12.0. The van der Waals surface area contributed by atoms with Crippen LogP contribution in [0.1, 0.15) is 0 Å². The van der Waals surface area contributed by atoms with Gasteiger partial charge >= 0.3 is 6.18 Å². The summed E-state index contributed by atoms with van der Waals surface area (Å²) < 4.78 is 36.0. The van der Waals surface area contributed by atoms with Crippen LogP contribution in [0.15, 0.2) is 0 Å². The molecule has 1 aliphatic heterocycles.